The highest BCUT2D eigenvalue weighted by atomic mass is 16.4. The quantitative estimate of drug-likeness (QED) is 0.889. The molecule has 2 rings (SSSR count). The third-order valence-electron chi connectivity index (χ3n) is 3.77. The van der Waals surface area contributed by atoms with Crippen molar-refractivity contribution in [2.24, 2.45) is 0 Å². The molecule has 1 atom stereocenters. The van der Waals surface area contributed by atoms with Gasteiger partial charge in [-0.25, -0.2) is 0 Å². The minimum atomic E-state index is -1.08. The lowest BCUT2D eigenvalue weighted by Gasteiger charge is -2.35. The van der Waals surface area contributed by atoms with Gasteiger partial charge < -0.3 is 14.9 Å². The average molecular weight is 304 g/mol. The van der Waals surface area contributed by atoms with E-state index in [9.17, 15) is 14.4 Å². The summed E-state index contributed by atoms with van der Waals surface area (Å²) < 4.78 is 0. The summed E-state index contributed by atoms with van der Waals surface area (Å²) in [7, 11) is 1.45. The Morgan fingerprint density at radius 1 is 1.27 bits per heavy atom. The number of hydrogen-bond donors (Lipinski definition) is 1. The number of carboxylic acid groups (broad SMARTS) is 1. The van der Waals surface area contributed by atoms with Gasteiger partial charge in [-0.05, 0) is 18.4 Å². The van der Waals surface area contributed by atoms with Gasteiger partial charge in [0, 0.05) is 20.0 Å². The topological polar surface area (TPSA) is 77.9 Å². The second-order valence-electron chi connectivity index (χ2n) is 5.45. The van der Waals surface area contributed by atoms with E-state index in [1.807, 2.05) is 6.07 Å². The third kappa shape index (κ3) is 3.63. The van der Waals surface area contributed by atoms with E-state index >= 15 is 0 Å². The summed E-state index contributed by atoms with van der Waals surface area (Å²) in [4.78, 5) is 38.5. The van der Waals surface area contributed by atoms with E-state index in [0.717, 1.165) is 17.7 Å². The fraction of sp³-hybridized carbons (Fsp3) is 0.438. The molecular formula is C16H20N2O4. The maximum atomic E-state index is 12.7. The van der Waals surface area contributed by atoms with Gasteiger partial charge in [0.15, 0.2) is 0 Å². The van der Waals surface area contributed by atoms with Crippen LogP contribution in [0, 0.1) is 0 Å². The molecule has 6 nitrogen and oxygen atoms in total. The van der Waals surface area contributed by atoms with E-state index in [1.165, 1.54) is 7.05 Å². The second kappa shape index (κ2) is 7.06. The Morgan fingerprint density at radius 2 is 1.95 bits per heavy atom. The van der Waals surface area contributed by atoms with Gasteiger partial charge in [0.05, 0.1) is 0 Å². The largest absolute Gasteiger partial charge is 0.480 e. The molecule has 0 saturated carbocycles. The van der Waals surface area contributed by atoms with Gasteiger partial charge in [-0.15, -0.1) is 0 Å². The normalized spacial score (nSPS) is 16.2. The van der Waals surface area contributed by atoms with Crippen molar-refractivity contribution >= 4 is 17.8 Å². The molecule has 0 spiro atoms. The van der Waals surface area contributed by atoms with E-state index < -0.39 is 12.0 Å². The number of aliphatic carboxylic acids is 1. The van der Waals surface area contributed by atoms with Crippen LogP contribution in [0.2, 0.25) is 0 Å². The van der Waals surface area contributed by atoms with E-state index in [1.54, 1.807) is 29.2 Å². The van der Waals surface area contributed by atoms with Gasteiger partial charge >= 0.3 is 5.97 Å². The molecule has 0 aromatic heterocycles. The Balaban J connectivity index is 2.31. The summed E-state index contributed by atoms with van der Waals surface area (Å²) >= 11 is 0. The minimum absolute atomic E-state index is 0.0582. The second-order valence-corrected chi connectivity index (χ2v) is 5.45. The van der Waals surface area contributed by atoms with Crippen molar-refractivity contribution in [1.29, 1.82) is 0 Å². The maximum absolute atomic E-state index is 12.7. The van der Waals surface area contributed by atoms with Crippen LogP contribution in [0.15, 0.2) is 30.3 Å². The maximum Gasteiger partial charge on any atom is 0.323 e. The number of carbonyl (C=O) groups excluding carboxylic acids is 2. The van der Waals surface area contributed by atoms with Gasteiger partial charge in [0.1, 0.15) is 12.6 Å². The number of likely N-dealkylation sites (N-methyl/N-ethyl adjacent to an activating group) is 1. The zero-order valence-electron chi connectivity index (χ0n) is 12.6. The first kappa shape index (κ1) is 16.0. The van der Waals surface area contributed by atoms with Crippen LogP contribution in [0.25, 0.3) is 0 Å². The summed E-state index contributed by atoms with van der Waals surface area (Å²) in [6.45, 7) is 0.134. The van der Waals surface area contributed by atoms with Crippen LogP contribution in [0.1, 0.15) is 30.9 Å². The first-order valence-electron chi connectivity index (χ1n) is 7.32. The molecule has 0 bridgehead atoms. The Hall–Kier alpha value is -2.37. The van der Waals surface area contributed by atoms with E-state index in [0.29, 0.717) is 18.5 Å². The molecule has 1 heterocycles. The number of carboxylic acids is 1. The Kier molecular flexibility index (Phi) is 5.14. The van der Waals surface area contributed by atoms with Crippen LogP contribution in [0.5, 0.6) is 0 Å². The van der Waals surface area contributed by atoms with Crippen LogP contribution in [0.4, 0.5) is 0 Å². The summed E-state index contributed by atoms with van der Waals surface area (Å²) in [5, 5.41) is 8.87. The first-order chi connectivity index (χ1) is 10.5. The molecule has 0 radical (unpaired) electrons. The number of rotatable bonds is 5. The number of carbonyl (C=O) groups is 3. The lowest BCUT2D eigenvalue weighted by molar-refractivity contribution is -0.150. The standard InChI is InChI=1S/C16H20N2O4/c1-17(11-14(20)21)16(22)15(12-7-3-2-4-8-12)18-10-6-5-9-13(18)19/h2-4,7-8,15H,5-6,9-11H2,1H3,(H,20,21). The number of piperidine rings is 1. The fourth-order valence-corrected chi connectivity index (χ4v) is 2.68. The van der Waals surface area contributed by atoms with Crippen LogP contribution >= 0.6 is 0 Å². The first-order valence-corrected chi connectivity index (χ1v) is 7.32. The smallest absolute Gasteiger partial charge is 0.323 e. The lowest BCUT2D eigenvalue weighted by Crippen LogP contribution is -2.47. The molecule has 1 saturated heterocycles. The van der Waals surface area contributed by atoms with Crippen molar-refractivity contribution in [1.82, 2.24) is 9.80 Å². The van der Waals surface area contributed by atoms with Crippen molar-refractivity contribution in [3.63, 3.8) is 0 Å². The molecule has 6 heteroatoms. The predicted octanol–water partition coefficient (Wildman–Crippen LogP) is 1.28. The van der Waals surface area contributed by atoms with Gasteiger partial charge in [-0.3, -0.25) is 14.4 Å². The molecular weight excluding hydrogens is 284 g/mol. The SMILES string of the molecule is CN(CC(=O)O)C(=O)C(c1ccccc1)N1CCCCC1=O. The Bertz CT molecular complexity index is 559. The average Bonchev–Trinajstić information content (AvgIpc) is 2.49. The van der Waals surface area contributed by atoms with E-state index in [2.05, 4.69) is 0 Å². The van der Waals surface area contributed by atoms with Gasteiger partial charge in [0.25, 0.3) is 0 Å². The Labute approximate surface area is 129 Å². The minimum Gasteiger partial charge on any atom is -0.480 e. The van der Waals surface area contributed by atoms with E-state index in [4.69, 9.17) is 5.11 Å². The Morgan fingerprint density at radius 3 is 2.55 bits per heavy atom. The van der Waals surface area contributed by atoms with Crippen molar-refractivity contribution < 1.29 is 19.5 Å². The van der Waals surface area contributed by atoms with Crippen molar-refractivity contribution in [3.05, 3.63) is 35.9 Å². The molecule has 1 aliphatic rings. The molecule has 1 unspecified atom stereocenters. The zero-order valence-corrected chi connectivity index (χ0v) is 12.6. The molecule has 2 amide bonds. The number of amides is 2. The summed E-state index contributed by atoms with van der Waals surface area (Å²) in [5.74, 6) is -1.51. The summed E-state index contributed by atoms with van der Waals surface area (Å²) in [5.41, 5.74) is 0.708. The number of likely N-dealkylation sites (tertiary alicyclic amines) is 1. The van der Waals surface area contributed by atoms with Crippen molar-refractivity contribution in [3.8, 4) is 0 Å². The molecule has 0 aliphatic carbocycles. The van der Waals surface area contributed by atoms with Gasteiger partial charge in [-0.1, -0.05) is 30.3 Å². The summed E-state index contributed by atoms with van der Waals surface area (Å²) in [6.07, 6.45) is 2.11. The van der Waals surface area contributed by atoms with Gasteiger partial charge in [0.2, 0.25) is 11.8 Å². The van der Waals surface area contributed by atoms with Crippen LogP contribution in [0.3, 0.4) is 0 Å². The fourth-order valence-electron chi connectivity index (χ4n) is 2.68. The number of nitrogens with zero attached hydrogens (tertiary/aromatic N) is 2. The van der Waals surface area contributed by atoms with Gasteiger partial charge in [-0.2, -0.15) is 0 Å². The molecule has 1 N–H and O–H groups in total. The lowest BCUT2D eigenvalue weighted by atomic mass is 10.00. The molecule has 22 heavy (non-hydrogen) atoms. The molecule has 1 aromatic carbocycles. The highest BCUT2D eigenvalue weighted by molar-refractivity contribution is 5.90. The van der Waals surface area contributed by atoms with Crippen LogP contribution in [-0.4, -0.2) is 52.8 Å². The summed E-state index contributed by atoms with van der Waals surface area (Å²) in [6, 6.07) is 8.28. The monoisotopic (exact) mass is 304 g/mol. The van der Waals surface area contributed by atoms with Crippen LogP contribution < -0.4 is 0 Å². The van der Waals surface area contributed by atoms with Crippen molar-refractivity contribution in [2.45, 2.75) is 25.3 Å². The predicted molar refractivity (Wildman–Crippen MR) is 80.0 cm³/mol. The molecule has 1 aromatic rings. The highest BCUT2D eigenvalue weighted by Crippen LogP contribution is 2.27. The third-order valence-corrected chi connectivity index (χ3v) is 3.77. The number of hydrogen-bond acceptors (Lipinski definition) is 3. The molecule has 1 fully saturated rings. The van der Waals surface area contributed by atoms with Crippen LogP contribution in [-0.2, 0) is 14.4 Å². The number of benzene rings is 1. The zero-order chi connectivity index (χ0) is 16.1. The van der Waals surface area contributed by atoms with Crippen molar-refractivity contribution in [2.75, 3.05) is 20.1 Å². The molecule has 1 aliphatic heterocycles. The highest BCUT2D eigenvalue weighted by Gasteiger charge is 2.34. The molecule has 118 valence electrons. The van der Waals surface area contributed by atoms with E-state index in [-0.39, 0.29) is 18.4 Å².